The molecule has 0 spiro atoms. The summed E-state index contributed by atoms with van der Waals surface area (Å²) in [5, 5.41) is 9.21. The third kappa shape index (κ3) is 3.39. The van der Waals surface area contributed by atoms with Crippen LogP contribution in [0.25, 0.3) is 0 Å². The van der Waals surface area contributed by atoms with Crippen LogP contribution in [0.3, 0.4) is 0 Å². The number of carboxylic acids is 1. The second kappa shape index (κ2) is 5.70. The summed E-state index contributed by atoms with van der Waals surface area (Å²) < 4.78 is 27.3. The molecule has 0 fully saturated rings. The van der Waals surface area contributed by atoms with E-state index in [9.17, 15) is 13.2 Å². The van der Waals surface area contributed by atoms with Crippen LogP contribution < -0.4 is 4.72 Å². The van der Waals surface area contributed by atoms with Crippen molar-refractivity contribution in [2.45, 2.75) is 11.8 Å². The quantitative estimate of drug-likeness (QED) is 0.742. The number of carbonyl (C=O) groups is 1. The molecule has 0 bridgehead atoms. The number of sulfonamides is 1. The summed E-state index contributed by atoms with van der Waals surface area (Å²) in [6.07, 6.45) is 1.11. The van der Waals surface area contributed by atoms with Crippen LogP contribution in [0.5, 0.6) is 0 Å². The minimum Gasteiger partial charge on any atom is -0.477 e. The molecule has 0 radical (unpaired) electrons. The molecule has 0 atom stereocenters. The third-order valence-electron chi connectivity index (χ3n) is 2.69. The summed E-state index contributed by atoms with van der Waals surface area (Å²) in [5.41, 5.74) is 0.848. The molecule has 1 heterocycles. The van der Waals surface area contributed by atoms with Gasteiger partial charge in [-0.25, -0.2) is 13.2 Å². The lowest BCUT2D eigenvalue weighted by atomic mass is 10.2. The number of benzene rings is 1. The molecule has 0 aliphatic carbocycles. The number of H-pyrrole nitrogens is 1. The van der Waals surface area contributed by atoms with Crippen molar-refractivity contribution < 1.29 is 18.3 Å². The average molecular weight is 394 g/mol. The van der Waals surface area contributed by atoms with Crippen molar-refractivity contribution >= 4 is 49.2 Å². The Kier molecular flexibility index (Phi) is 4.31. The zero-order valence-electron chi connectivity index (χ0n) is 10.6. The largest absolute Gasteiger partial charge is 0.477 e. The van der Waals surface area contributed by atoms with Gasteiger partial charge in [-0.15, -0.1) is 0 Å². The topological polar surface area (TPSA) is 99.3 Å². The molecule has 2 rings (SSSR count). The van der Waals surface area contributed by atoms with Gasteiger partial charge >= 0.3 is 5.97 Å². The first-order valence-electron chi connectivity index (χ1n) is 5.61. The van der Waals surface area contributed by atoms with Crippen LogP contribution in [0, 0.1) is 6.92 Å². The summed E-state index contributed by atoms with van der Waals surface area (Å²) >= 11 is 9.21. The number of carboxylic acid groups (broad SMARTS) is 1. The zero-order valence-corrected chi connectivity index (χ0v) is 13.8. The van der Waals surface area contributed by atoms with Crippen LogP contribution in [-0.2, 0) is 10.0 Å². The predicted octanol–water partition coefficient (Wildman–Crippen LogP) is 3.24. The van der Waals surface area contributed by atoms with Crippen molar-refractivity contribution in [3.05, 3.63) is 45.1 Å². The highest BCUT2D eigenvalue weighted by Crippen LogP contribution is 2.30. The number of hydrogen-bond donors (Lipinski definition) is 3. The molecule has 0 saturated carbocycles. The Morgan fingerprint density at radius 3 is 2.62 bits per heavy atom. The van der Waals surface area contributed by atoms with Gasteiger partial charge in [0.05, 0.1) is 5.69 Å². The monoisotopic (exact) mass is 392 g/mol. The number of aromatic carboxylic acids is 1. The van der Waals surface area contributed by atoms with E-state index in [2.05, 4.69) is 25.6 Å². The first-order chi connectivity index (χ1) is 9.70. The smallest absolute Gasteiger partial charge is 0.352 e. The van der Waals surface area contributed by atoms with Gasteiger partial charge in [-0.05, 0) is 46.6 Å². The summed E-state index contributed by atoms with van der Waals surface area (Å²) in [6.45, 7) is 1.79. The van der Waals surface area contributed by atoms with Gasteiger partial charge in [0.1, 0.15) is 10.6 Å². The second-order valence-corrected chi connectivity index (χ2v) is 7.18. The van der Waals surface area contributed by atoms with E-state index in [0.717, 1.165) is 17.8 Å². The van der Waals surface area contributed by atoms with Crippen LogP contribution >= 0.6 is 27.5 Å². The lowest BCUT2D eigenvalue weighted by Gasteiger charge is -2.10. The van der Waals surface area contributed by atoms with E-state index in [0.29, 0.717) is 9.50 Å². The molecule has 3 N–H and O–H groups in total. The summed E-state index contributed by atoms with van der Waals surface area (Å²) in [4.78, 5) is 13.0. The van der Waals surface area contributed by atoms with Crippen LogP contribution in [0.15, 0.2) is 33.8 Å². The summed E-state index contributed by atoms with van der Waals surface area (Å²) in [5.74, 6) is -1.24. The Labute approximate surface area is 134 Å². The van der Waals surface area contributed by atoms with E-state index < -0.39 is 16.0 Å². The number of halogens is 2. The molecule has 1 aromatic carbocycles. The van der Waals surface area contributed by atoms with Crippen LogP contribution in [0.1, 0.15) is 16.1 Å². The minimum absolute atomic E-state index is 0.177. The van der Waals surface area contributed by atoms with Gasteiger partial charge in [-0.2, -0.15) is 0 Å². The fraction of sp³-hybridized carbons (Fsp3) is 0.0833. The number of nitrogens with one attached hydrogen (secondary N) is 2. The normalized spacial score (nSPS) is 11.4. The maximum atomic E-state index is 12.2. The Morgan fingerprint density at radius 2 is 2.05 bits per heavy atom. The Morgan fingerprint density at radius 1 is 1.38 bits per heavy atom. The lowest BCUT2D eigenvalue weighted by molar-refractivity contribution is 0.0691. The highest BCUT2D eigenvalue weighted by molar-refractivity contribution is 9.10. The van der Waals surface area contributed by atoms with Crippen LogP contribution in [0.4, 0.5) is 5.69 Å². The molecule has 112 valence electrons. The van der Waals surface area contributed by atoms with E-state index >= 15 is 0 Å². The van der Waals surface area contributed by atoms with Gasteiger partial charge in [0.15, 0.2) is 0 Å². The molecule has 0 saturated heterocycles. The average Bonchev–Trinajstić information content (AvgIpc) is 2.86. The van der Waals surface area contributed by atoms with E-state index in [1.165, 1.54) is 6.07 Å². The standard InChI is InChI=1S/C12H10BrClN2O4S/c1-6-2-8(13)10(4-9(6)14)16-21(19,20)7-3-11(12(17)18)15-5-7/h2-5,15-16H,1H3,(H,17,18). The second-order valence-electron chi connectivity index (χ2n) is 4.24. The van der Waals surface area contributed by atoms with E-state index in [1.54, 1.807) is 13.0 Å². The molecular weight excluding hydrogens is 384 g/mol. The van der Waals surface area contributed by atoms with Crippen molar-refractivity contribution in [1.82, 2.24) is 4.98 Å². The molecule has 0 aliphatic rings. The van der Waals surface area contributed by atoms with Crippen molar-refractivity contribution in [2.24, 2.45) is 0 Å². The minimum atomic E-state index is -3.91. The number of hydrogen-bond acceptors (Lipinski definition) is 3. The van der Waals surface area contributed by atoms with Gasteiger partial charge < -0.3 is 10.1 Å². The molecule has 6 nitrogen and oxygen atoms in total. The number of aryl methyl sites for hydroxylation is 1. The van der Waals surface area contributed by atoms with E-state index in [-0.39, 0.29) is 16.3 Å². The van der Waals surface area contributed by atoms with Crippen molar-refractivity contribution in [3.8, 4) is 0 Å². The van der Waals surface area contributed by atoms with Gasteiger partial charge in [-0.1, -0.05) is 11.6 Å². The highest BCUT2D eigenvalue weighted by atomic mass is 79.9. The third-order valence-corrected chi connectivity index (χ3v) is 5.10. The van der Waals surface area contributed by atoms with Crippen molar-refractivity contribution in [2.75, 3.05) is 4.72 Å². The molecule has 0 aliphatic heterocycles. The molecule has 9 heteroatoms. The van der Waals surface area contributed by atoms with Crippen molar-refractivity contribution in [3.63, 3.8) is 0 Å². The van der Waals surface area contributed by atoms with Gasteiger partial charge in [0, 0.05) is 15.7 Å². The number of anilines is 1. The summed E-state index contributed by atoms with van der Waals surface area (Å²) in [6, 6.07) is 4.19. The fourth-order valence-corrected chi connectivity index (χ4v) is 3.50. The summed E-state index contributed by atoms with van der Waals surface area (Å²) in [7, 11) is -3.91. The fourth-order valence-electron chi connectivity index (χ4n) is 1.58. The van der Waals surface area contributed by atoms with E-state index in [1.807, 2.05) is 0 Å². The molecule has 1 aromatic heterocycles. The molecule has 21 heavy (non-hydrogen) atoms. The van der Waals surface area contributed by atoms with Gasteiger partial charge in [0.2, 0.25) is 0 Å². The van der Waals surface area contributed by atoms with Crippen LogP contribution in [-0.4, -0.2) is 24.5 Å². The SMILES string of the molecule is Cc1cc(Br)c(NS(=O)(=O)c2c[nH]c(C(=O)O)c2)cc1Cl. The molecule has 2 aromatic rings. The Hall–Kier alpha value is -1.51. The lowest BCUT2D eigenvalue weighted by Crippen LogP contribution is -2.12. The van der Waals surface area contributed by atoms with Gasteiger partial charge in [0.25, 0.3) is 10.0 Å². The molecular formula is C12H10BrClN2O4S. The van der Waals surface area contributed by atoms with Crippen LogP contribution in [0.2, 0.25) is 5.02 Å². The number of aromatic nitrogens is 1. The molecule has 0 unspecified atom stereocenters. The Balaban J connectivity index is 2.37. The van der Waals surface area contributed by atoms with E-state index in [4.69, 9.17) is 16.7 Å². The first-order valence-corrected chi connectivity index (χ1v) is 8.26. The maximum absolute atomic E-state index is 12.2. The Bertz CT molecular complexity index is 817. The highest BCUT2D eigenvalue weighted by Gasteiger charge is 2.19. The number of aromatic amines is 1. The van der Waals surface area contributed by atoms with Gasteiger partial charge in [-0.3, -0.25) is 4.72 Å². The first kappa shape index (κ1) is 15.9. The molecule has 0 amide bonds. The predicted molar refractivity (Wildman–Crippen MR) is 82.4 cm³/mol. The zero-order chi connectivity index (χ0) is 15.8. The maximum Gasteiger partial charge on any atom is 0.352 e. The number of rotatable bonds is 4. The van der Waals surface area contributed by atoms with Crippen molar-refractivity contribution in [1.29, 1.82) is 0 Å².